The van der Waals surface area contributed by atoms with Gasteiger partial charge in [0.2, 0.25) is 0 Å². The molecule has 0 aromatic rings. The molecular formula is C20H39NO4. The third-order valence-corrected chi connectivity index (χ3v) is 3.98. The maximum absolute atomic E-state index is 12.5. The summed E-state index contributed by atoms with van der Waals surface area (Å²) in [6, 6.07) is 0. The van der Waals surface area contributed by atoms with Gasteiger partial charge in [0.25, 0.3) is 0 Å². The molecule has 0 radical (unpaired) electrons. The Bertz CT molecular complexity index is 387. The number of aldehydes is 1. The van der Waals surface area contributed by atoms with Gasteiger partial charge in [0.1, 0.15) is 12.9 Å². The molecule has 0 heterocycles. The third-order valence-electron chi connectivity index (χ3n) is 3.98. The van der Waals surface area contributed by atoms with Crippen LogP contribution >= 0.6 is 0 Å². The molecule has 2 N–H and O–H groups in total. The van der Waals surface area contributed by atoms with Crippen LogP contribution in [0.2, 0.25) is 0 Å². The lowest BCUT2D eigenvalue weighted by molar-refractivity contribution is -0.166. The number of hydrogen-bond donors (Lipinski definition) is 1. The molecule has 0 saturated heterocycles. The van der Waals surface area contributed by atoms with Crippen LogP contribution in [0.1, 0.15) is 61.3 Å². The maximum Gasteiger partial charge on any atom is 0.312 e. The minimum Gasteiger partial charge on any atom is -0.463 e. The largest absolute Gasteiger partial charge is 0.463 e. The normalized spacial score (nSPS) is 13.9. The smallest absolute Gasteiger partial charge is 0.312 e. The van der Waals surface area contributed by atoms with Crippen LogP contribution in [0.15, 0.2) is 12.7 Å². The van der Waals surface area contributed by atoms with E-state index in [1.165, 1.54) is 0 Å². The van der Waals surface area contributed by atoms with Gasteiger partial charge in [0, 0.05) is 13.0 Å². The molecule has 0 spiro atoms. The zero-order chi connectivity index (χ0) is 20.1. The summed E-state index contributed by atoms with van der Waals surface area (Å²) in [6.07, 6.45) is 3.63. The summed E-state index contributed by atoms with van der Waals surface area (Å²) in [6.45, 7) is 19.7. The molecule has 5 heteroatoms. The van der Waals surface area contributed by atoms with E-state index in [0.29, 0.717) is 26.2 Å². The molecule has 1 atom stereocenters. The van der Waals surface area contributed by atoms with Gasteiger partial charge in [-0.15, -0.1) is 6.58 Å². The molecule has 148 valence electrons. The van der Waals surface area contributed by atoms with Gasteiger partial charge < -0.3 is 20.0 Å². The van der Waals surface area contributed by atoms with Crippen molar-refractivity contribution in [1.29, 1.82) is 0 Å². The molecule has 0 saturated carbocycles. The van der Waals surface area contributed by atoms with E-state index in [2.05, 4.69) is 48.1 Å². The summed E-state index contributed by atoms with van der Waals surface area (Å²) in [5.41, 5.74) is 4.73. The molecule has 0 aliphatic heterocycles. The van der Waals surface area contributed by atoms with Crippen molar-refractivity contribution in [2.45, 2.75) is 61.3 Å². The van der Waals surface area contributed by atoms with E-state index < -0.39 is 5.41 Å². The Morgan fingerprint density at radius 3 is 1.92 bits per heavy atom. The van der Waals surface area contributed by atoms with Crippen LogP contribution in [0.25, 0.3) is 0 Å². The summed E-state index contributed by atoms with van der Waals surface area (Å²) in [4.78, 5) is 21.9. The number of esters is 1. The molecule has 25 heavy (non-hydrogen) atoms. The first-order valence-electron chi connectivity index (χ1n) is 8.85. The second-order valence-electron chi connectivity index (χ2n) is 8.55. The first-order valence-corrected chi connectivity index (χ1v) is 8.85. The number of ether oxygens (including phenoxy) is 2. The molecule has 0 aliphatic rings. The Morgan fingerprint density at radius 2 is 1.60 bits per heavy atom. The van der Waals surface area contributed by atoms with Crippen LogP contribution in [0.4, 0.5) is 0 Å². The van der Waals surface area contributed by atoms with E-state index in [4.69, 9.17) is 15.2 Å². The van der Waals surface area contributed by atoms with Gasteiger partial charge in [0.15, 0.2) is 0 Å². The molecule has 0 amide bonds. The van der Waals surface area contributed by atoms with Gasteiger partial charge in [-0.25, -0.2) is 0 Å². The van der Waals surface area contributed by atoms with Crippen molar-refractivity contribution in [2.75, 3.05) is 26.4 Å². The predicted molar refractivity (Wildman–Crippen MR) is 103 cm³/mol. The highest BCUT2D eigenvalue weighted by Crippen LogP contribution is 2.47. The number of rotatable bonds is 9. The summed E-state index contributed by atoms with van der Waals surface area (Å²) < 4.78 is 10.7. The average Bonchev–Trinajstić information content (AvgIpc) is 2.45. The molecule has 0 rings (SSSR count). The quantitative estimate of drug-likeness (QED) is 0.294. The van der Waals surface area contributed by atoms with Gasteiger partial charge in [0.05, 0.1) is 18.6 Å². The average molecular weight is 358 g/mol. The highest BCUT2D eigenvalue weighted by atomic mass is 16.6. The minimum absolute atomic E-state index is 0.0666. The van der Waals surface area contributed by atoms with Crippen molar-refractivity contribution in [1.82, 2.24) is 0 Å². The lowest BCUT2D eigenvalue weighted by Crippen LogP contribution is -2.44. The third kappa shape index (κ3) is 11.9. The second-order valence-corrected chi connectivity index (χ2v) is 8.55. The highest BCUT2D eigenvalue weighted by Gasteiger charge is 2.47. The van der Waals surface area contributed by atoms with Crippen LogP contribution in [-0.4, -0.2) is 38.6 Å². The topological polar surface area (TPSA) is 78.6 Å². The predicted octanol–water partition coefficient (Wildman–Crippen LogP) is 3.75. The lowest BCUT2D eigenvalue weighted by Gasteiger charge is -2.43. The molecule has 5 nitrogen and oxygen atoms in total. The Labute approximate surface area is 154 Å². The van der Waals surface area contributed by atoms with Crippen LogP contribution in [0, 0.1) is 16.2 Å². The first-order chi connectivity index (χ1) is 11.4. The number of nitrogens with two attached hydrogens (primary N) is 1. The van der Waals surface area contributed by atoms with Gasteiger partial charge in [-0.3, -0.25) is 4.79 Å². The van der Waals surface area contributed by atoms with E-state index in [1.807, 2.05) is 6.92 Å². The summed E-state index contributed by atoms with van der Waals surface area (Å²) in [5, 5.41) is 0. The molecular weight excluding hydrogens is 318 g/mol. The monoisotopic (exact) mass is 357 g/mol. The number of hydrogen-bond acceptors (Lipinski definition) is 5. The lowest BCUT2D eigenvalue weighted by atomic mass is 9.61. The van der Waals surface area contributed by atoms with Gasteiger partial charge in [-0.1, -0.05) is 47.6 Å². The number of carbonyl (C=O) groups is 2. The van der Waals surface area contributed by atoms with Crippen molar-refractivity contribution < 1.29 is 19.1 Å². The Morgan fingerprint density at radius 1 is 1.04 bits per heavy atom. The minimum atomic E-state index is -0.515. The zero-order valence-corrected chi connectivity index (χ0v) is 17.3. The van der Waals surface area contributed by atoms with Crippen LogP contribution in [0.3, 0.4) is 0 Å². The molecule has 0 aromatic carbocycles. The van der Waals surface area contributed by atoms with Crippen molar-refractivity contribution in [2.24, 2.45) is 22.0 Å². The van der Waals surface area contributed by atoms with Crippen molar-refractivity contribution in [3.8, 4) is 0 Å². The van der Waals surface area contributed by atoms with Gasteiger partial charge >= 0.3 is 5.97 Å². The Kier molecular flexibility index (Phi) is 12.7. The standard InChI is InChI=1S/C16H33NO3.C4H6O/c1-14(2,3)12-16(7,15(4,5)6)13(18)20-11-10-19-9-8-17;1-2-3-4-5/h8-12,17H2,1-7H3;2,4H,1,3H2. The molecule has 0 aliphatic carbocycles. The zero-order valence-electron chi connectivity index (χ0n) is 17.3. The fraction of sp³-hybridized carbons (Fsp3) is 0.800. The number of carbonyl (C=O) groups excluding carboxylic acids is 2. The molecule has 0 aromatic heterocycles. The summed E-state index contributed by atoms with van der Waals surface area (Å²) >= 11 is 0. The Hall–Kier alpha value is -1.20. The van der Waals surface area contributed by atoms with Crippen LogP contribution in [0.5, 0.6) is 0 Å². The van der Waals surface area contributed by atoms with Gasteiger partial charge in [-0.05, 0) is 24.2 Å². The first kappa shape index (κ1) is 26.0. The fourth-order valence-corrected chi connectivity index (χ4v) is 2.31. The van der Waals surface area contributed by atoms with Crippen LogP contribution < -0.4 is 5.73 Å². The van der Waals surface area contributed by atoms with Crippen LogP contribution in [-0.2, 0) is 19.1 Å². The van der Waals surface area contributed by atoms with Gasteiger partial charge in [-0.2, -0.15) is 0 Å². The Balaban J connectivity index is 0. The van der Waals surface area contributed by atoms with Crippen molar-refractivity contribution >= 4 is 12.3 Å². The summed E-state index contributed by atoms with van der Waals surface area (Å²) in [7, 11) is 0. The SMILES string of the molecule is C=CCC=O.CC(C)(C)CC(C)(C(=O)OCCOCCN)C(C)(C)C. The fourth-order valence-electron chi connectivity index (χ4n) is 2.31. The van der Waals surface area contributed by atoms with E-state index in [1.54, 1.807) is 6.08 Å². The second kappa shape index (κ2) is 12.2. The van der Waals surface area contributed by atoms with E-state index in [-0.39, 0.29) is 23.4 Å². The van der Waals surface area contributed by atoms with Crippen molar-refractivity contribution in [3.63, 3.8) is 0 Å². The summed E-state index contributed by atoms with van der Waals surface area (Å²) in [5.74, 6) is -0.142. The molecule has 1 unspecified atom stereocenters. The maximum atomic E-state index is 12.5. The van der Waals surface area contributed by atoms with Crippen molar-refractivity contribution in [3.05, 3.63) is 12.7 Å². The van der Waals surface area contributed by atoms with E-state index in [9.17, 15) is 9.59 Å². The molecule has 0 bridgehead atoms. The molecule has 0 fully saturated rings. The van der Waals surface area contributed by atoms with E-state index >= 15 is 0 Å². The number of allylic oxidation sites excluding steroid dienone is 1. The highest BCUT2D eigenvalue weighted by molar-refractivity contribution is 5.77. The van der Waals surface area contributed by atoms with E-state index in [0.717, 1.165) is 12.7 Å².